The summed E-state index contributed by atoms with van der Waals surface area (Å²) in [4.78, 5) is 23.2. The van der Waals surface area contributed by atoms with Crippen LogP contribution in [-0.2, 0) is 19.4 Å². The van der Waals surface area contributed by atoms with Crippen LogP contribution in [-0.4, -0.2) is 45.0 Å². The molecule has 2 amide bonds. The summed E-state index contributed by atoms with van der Waals surface area (Å²) in [6.07, 6.45) is 1.34. The van der Waals surface area contributed by atoms with Gasteiger partial charge in [0.1, 0.15) is 15.2 Å². The fraction of sp³-hybridized carbons (Fsp3) is 0.286. The highest BCUT2D eigenvalue weighted by atomic mass is 32.2. The largest absolute Gasteiger partial charge is 0.468 e. The number of furan rings is 1. The normalized spacial score (nSPS) is 12.5. The third-order valence-corrected chi connectivity index (χ3v) is 6.55. The highest BCUT2D eigenvalue weighted by Gasteiger charge is 2.33. The van der Waals surface area contributed by atoms with E-state index in [0.717, 1.165) is 11.3 Å². The maximum absolute atomic E-state index is 12.7. The smallest absolute Gasteiger partial charge is 0.309 e. The van der Waals surface area contributed by atoms with Crippen molar-refractivity contribution in [2.24, 2.45) is 0 Å². The van der Waals surface area contributed by atoms with Crippen molar-refractivity contribution in [3.63, 3.8) is 0 Å². The number of thiophene rings is 1. The van der Waals surface area contributed by atoms with Crippen LogP contribution >= 0.6 is 11.3 Å². The van der Waals surface area contributed by atoms with Gasteiger partial charge < -0.3 is 20.2 Å². The number of rotatable bonds is 7. The van der Waals surface area contributed by atoms with Crippen molar-refractivity contribution in [2.45, 2.75) is 9.46 Å². The summed E-state index contributed by atoms with van der Waals surface area (Å²) in [5.74, 6) is -1.77. The Hall–Kier alpha value is -2.17. The molecule has 0 spiro atoms. The third-order valence-electron chi connectivity index (χ3n) is 3.06. The molecule has 0 aromatic carbocycles. The van der Waals surface area contributed by atoms with Crippen LogP contribution in [0.1, 0.15) is 11.0 Å². The number of nitrogens with one attached hydrogen (secondary N) is 2. The number of hydrogen-bond donors (Lipinski definition) is 3. The summed E-state index contributed by atoms with van der Waals surface area (Å²) in [7, 11) is -3.78. The molecule has 0 radical (unpaired) electrons. The summed E-state index contributed by atoms with van der Waals surface area (Å²) in [6.45, 7) is -0.693. The standard InChI is InChI=1S/C14H16N2O6S2/c17-6-5-15-13(18)14(19)16-9-11(10-3-1-7-22-10)24(20,21)12-4-2-8-23-12/h1-4,7-8,11,17H,5-6,9H2,(H,15,18)(H,16,19). The van der Waals surface area contributed by atoms with Crippen LogP contribution in [0.2, 0.25) is 0 Å². The molecule has 1 atom stereocenters. The number of amides is 2. The van der Waals surface area contributed by atoms with Crippen molar-refractivity contribution in [1.82, 2.24) is 10.6 Å². The van der Waals surface area contributed by atoms with E-state index in [0.29, 0.717) is 0 Å². The molecule has 10 heteroatoms. The van der Waals surface area contributed by atoms with Crippen LogP contribution in [0.3, 0.4) is 0 Å². The van der Waals surface area contributed by atoms with Gasteiger partial charge in [0.2, 0.25) is 0 Å². The summed E-state index contributed by atoms with van der Waals surface area (Å²) < 4.78 is 30.7. The lowest BCUT2D eigenvalue weighted by Crippen LogP contribution is -2.43. The van der Waals surface area contributed by atoms with Gasteiger partial charge in [-0.15, -0.1) is 11.3 Å². The molecule has 2 heterocycles. The highest BCUT2D eigenvalue weighted by molar-refractivity contribution is 7.93. The first-order valence-electron chi connectivity index (χ1n) is 6.94. The molecule has 130 valence electrons. The van der Waals surface area contributed by atoms with Gasteiger partial charge in [-0.05, 0) is 23.6 Å². The predicted octanol–water partition coefficient (Wildman–Crippen LogP) is 0.0808. The van der Waals surface area contributed by atoms with Crippen LogP contribution in [0.5, 0.6) is 0 Å². The van der Waals surface area contributed by atoms with Gasteiger partial charge in [0, 0.05) is 13.1 Å². The molecule has 24 heavy (non-hydrogen) atoms. The van der Waals surface area contributed by atoms with Gasteiger partial charge >= 0.3 is 11.8 Å². The van der Waals surface area contributed by atoms with Crippen molar-refractivity contribution in [1.29, 1.82) is 0 Å². The number of sulfone groups is 1. The Balaban J connectivity index is 2.14. The van der Waals surface area contributed by atoms with Gasteiger partial charge in [0.05, 0.1) is 12.9 Å². The maximum atomic E-state index is 12.7. The van der Waals surface area contributed by atoms with E-state index in [4.69, 9.17) is 9.52 Å². The molecule has 3 N–H and O–H groups in total. The molecule has 2 aromatic heterocycles. The Kier molecular flexibility index (Phi) is 6.12. The fourth-order valence-corrected chi connectivity index (χ4v) is 4.71. The second-order valence-corrected chi connectivity index (χ2v) is 7.98. The Labute approximate surface area is 142 Å². The quantitative estimate of drug-likeness (QED) is 0.591. The highest BCUT2D eigenvalue weighted by Crippen LogP contribution is 2.31. The van der Waals surface area contributed by atoms with Crippen LogP contribution in [0.15, 0.2) is 44.5 Å². The van der Waals surface area contributed by atoms with E-state index in [1.807, 2.05) is 0 Å². The number of aliphatic hydroxyl groups is 1. The lowest BCUT2D eigenvalue weighted by molar-refractivity contribution is -0.139. The summed E-state index contributed by atoms with van der Waals surface area (Å²) >= 11 is 1.06. The molecule has 0 fully saturated rings. The number of carbonyl (C=O) groups excluding carboxylic acids is 2. The zero-order valence-corrected chi connectivity index (χ0v) is 14.1. The van der Waals surface area contributed by atoms with Gasteiger partial charge in [-0.2, -0.15) is 0 Å². The predicted molar refractivity (Wildman–Crippen MR) is 86.1 cm³/mol. The van der Waals surface area contributed by atoms with E-state index in [-0.39, 0.29) is 29.7 Å². The zero-order chi connectivity index (χ0) is 17.6. The topological polar surface area (TPSA) is 126 Å². The molecular formula is C14H16N2O6S2. The molecule has 0 aliphatic rings. The van der Waals surface area contributed by atoms with Crippen molar-refractivity contribution in [3.8, 4) is 0 Å². The van der Waals surface area contributed by atoms with Crippen molar-refractivity contribution in [2.75, 3.05) is 19.7 Å². The molecule has 2 rings (SSSR count). The van der Waals surface area contributed by atoms with Crippen LogP contribution in [0.4, 0.5) is 0 Å². The first-order chi connectivity index (χ1) is 11.5. The average Bonchev–Trinajstić information content (AvgIpc) is 3.25. The van der Waals surface area contributed by atoms with E-state index in [1.54, 1.807) is 17.5 Å². The van der Waals surface area contributed by atoms with Crippen molar-refractivity contribution >= 4 is 33.0 Å². The Morgan fingerprint density at radius 1 is 1.21 bits per heavy atom. The zero-order valence-electron chi connectivity index (χ0n) is 12.5. The SMILES string of the molecule is O=C(NCCO)C(=O)NCC(c1ccco1)S(=O)(=O)c1cccs1. The second-order valence-electron chi connectivity index (χ2n) is 4.67. The lowest BCUT2D eigenvalue weighted by Gasteiger charge is -2.15. The summed E-state index contributed by atoms with van der Waals surface area (Å²) in [6, 6.07) is 6.11. The minimum Gasteiger partial charge on any atom is -0.468 e. The lowest BCUT2D eigenvalue weighted by atomic mass is 10.3. The number of hydrogen-bond acceptors (Lipinski definition) is 7. The molecule has 1 unspecified atom stereocenters. The first kappa shape index (κ1) is 18.2. The molecular weight excluding hydrogens is 356 g/mol. The van der Waals surface area contributed by atoms with Crippen molar-refractivity contribution in [3.05, 3.63) is 41.7 Å². The third kappa shape index (κ3) is 4.22. The molecule has 2 aromatic rings. The monoisotopic (exact) mass is 372 g/mol. The molecule has 0 aliphatic heterocycles. The molecule has 8 nitrogen and oxygen atoms in total. The molecule has 0 saturated carbocycles. The summed E-state index contributed by atoms with van der Waals surface area (Å²) in [5, 5.41) is 13.6. The number of aliphatic hydroxyl groups excluding tert-OH is 1. The maximum Gasteiger partial charge on any atom is 0.309 e. The Bertz CT molecular complexity index is 768. The van der Waals surface area contributed by atoms with Crippen LogP contribution in [0, 0.1) is 0 Å². The van der Waals surface area contributed by atoms with Crippen LogP contribution in [0.25, 0.3) is 0 Å². The van der Waals surface area contributed by atoms with E-state index >= 15 is 0 Å². The van der Waals surface area contributed by atoms with E-state index in [2.05, 4.69) is 10.6 Å². The molecule has 0 bridgehead atoms. The first-order valence-corrected chi connectivity index (χ1v) is 9.37. The molecule has 0 saturated heterocycles. The van der Waals surface area contributed by atoms with Gasteiger partial charge in [-0.3, -0.25) is 9.59 Å². The van der Waals surface area contributed by atoms with E-state index in [9.17, 15) is 18.0 Å². The van der Waals surface area contributed by atoms with Gasteiger partial charge in [-0.1, -0.05) is 6.07 Å². The van der Waals surface area contributed by atoms with E-state index < -0.39 is 26.9 Å². The average molecular weight is 372 g/mol. The second kappa shape index (κ2) is 8.08. The Morgan fingerprint density at radius 2 is 1.96 bits per heavy atom. The van der Waals surface area contributed by atoms with Crippen LogP contribution < -0.4 is 10.6 Å². The summed E-state index contributed by atoms with van der Waals surface area (Å²) in [5.41, 5.74) is 0. The Morgan fingerprint density at radius 3 is 2.54 bits per heavy atom. The number of carbonyl (C=O) groups is 2. The van der Waals surface area contributed by atoms with Crippen molar-refractivity contribution < 1.29 is 27.5 Å². The minimum atomic E-state index is -3.78. The van der Waals surface area contributed by atoms with Gasteiger partial charge in [0.25, 0.3) is 0 Å². The van der Waals surface area contributed by atoms with Gasteiger partial charge in [-0.25, -0.2) is 8.42 Å². The fourth-order valence-electron chi connectivity index (χ4n) is 1.92. The van der Waals surface area contributed by atoms with E-state index in [1.165, 1.54) is 18.4 Å². The molecule has 0 aliphatic carbocycles. The van der Waals surface area contributed by atoms with Gasteiger partial charge in [0.15, 0.2) is 9.84 Å². The minimum absolute atomic E-state index is 0.0681.